The molecule has 1 aromatic heterocycles. The highest BCUT2D eigenvalue weighted by Gasteiger charge is 2.19. The predicted molar refractivity (Wildman–Crippen MR) is 73.4 cm³/mol. The number of nitriles is 1. The van der Waals surface area contributed by atoms with Crippen molar-refractivity contribution in [3.8, 4) is 17.2 Å². The smallest absolute Gasteiger partial charge is 0.0991 e. The van der Waals surface area contributed by atoms with Crippen LogP contribution in [-0.2, 0) is 13.1 Å². The average molecular weight is 252 g/mol. The molecule has 0 unspecified atom stereocenters. The van der Waals surface area contributed by atoms with Crippen molar-refractivity contribution < 1.29 is 0 Å². The van der Waals surface area contributed by atoms with E-state index in [4.69, 9.17) is 5.26 Å². The number of fused-ring (bicyclic) bond motifs is 1. The molecule has 0 saturated heterocycles. The zero-order valence-corrected chi connectivity index (χ0v) is 11.2. The number of nitrogens with zero attached hydrogens (tertiary/aromatic N) is 4. The quantitative estimate of drug-likeness (QED) is 0.781. The molecule has 0 aliphatic carbocycles. The molecular weight excluding hydrogens is 236 g/mol. The van der Waals surface area contributed by atoms with E-state index in [1.165, 1.54) is 16.8 Å². The van der Waals surface area contributed by atoms with Gasteiger partial charge in [-0.15, -0.1) is 0 Å². The number of likely N-dealkylation sites (N-methyl/N-ethyl adjacent to an activating group) is 1. The van der Waals surface area contributed by atoms with Gasteiger partial charge in [-0.25, -0.2) is 0 Å². The molecular formula is C15H16N4. The highest BCUT2D eigenvalue weighted by Crippen LogP contribution is 2.29. The average Bonchev–Trinajstić information content (AvgIpc) is 2.81. The SMILES string of the molecule is Cc1cc(C#N)ccc1-c1cnn2c1CN(C)CC2. The molecule has 4 nitrogen and oxygen atoms in total. The van der Waals surface area contributed by atoms with Crippen molar-refractivity contribution in [3.63, 3.8) is 0 Å². The summed E-state index contributed by atoms with van der Waals surface area (Å²) in [5.41, 5.74) is 5.47. The molecule has 0 atom stereocenters. The third-order valence-corrected chi connectivity index (χ3v) is 3.71. The summed E-state index contributed by atoms with van der Waals surface area (Å²) in [5.74, 6) is 0. The van der Waals surface area contributed by atoms with Crippen LogP contribution in [0.4, 0.5) is 0 Å². The maximum atomic E-state index is 8.94. The van der Waals surface area contributed by atoms with Crippen molar-refractivity contribution in [3.05, 3.63) is 41.2 Å². The molecule has 1 aliphatic heterocycles. The van der Waals surface area contributed by atoms with Gasteiger partial charge in [-0.3, -0.25) is 9.58 Å². The van der Waals surface area contributed by atoms with Gasteiger partial charge in [-0.2, -0.15) is 10.4 Å². The van der Waals surface area contributed by atoms with Gasteiger partial charge in [0.2, 0.25) is 0 Å². The van der Waals surface area contributed by atoms with E-state index >= 15 is 0 Å². The maximum Gasteiger partial charge on any atom is 0.0991 e. The topological polar surface area (TPSA) is 44.9 Å². The summed E-state index contributed by atoms with van der Waals surface area (Å²) in [5, 5.41) is 13.4. The Kier molecular flexibility index (Phi) is 2.84. The van der Waals surface area contributed by atoms with Gasteiger partial charge in [-0.1, -0.05) is 6.07 Å². The van der Waals surface area contributed by atoms with Crippen LogP contribution >= 0.6 is 0 Å². The fourth-order valence-electron chi connectivity index (χ4n) is 2.63. The Morgan fingerprint density at radius 1 is 1.26 bits per heavy atom. The lowest BCUT2D eigenvalue weighted by Gasteiger charge is -2.24. The zero-order chi connectivity index (χ0) is 13.4. The lowest BCUT2D eigenvalue weighted by molar-refractivity contribution is 0.259. The second-order valence-corrected chi connectivity index (χ2v) is 5.11. The van der Waals surface area contributed by atoms with E-state index in [9.17, 15) is 0 Å². The Morgan fingerprint density at radius 3 is 2.84 bits per heavy atom. The first-order chi connectivity index (χ1) is 9.19. The zero-order valence-electron chi connectivity index (χ0n) is 11.2. The number of hydrogen-bond acceptors (Lipinski definition) is 3. The molecule has 1 aliphatic rings. The van der Waals surface area contributed by atoms with Crippen LogP contribution in [0, 0.1) is 18.3 Å². The van der Waals surface area contributed by atoms with E-state index in [1.54, 1.807) is 0 Å². The monoisotopic (exact) mass is 252 g/mol. The molecule has 1 aromatic carbocycles. The van der Waals surface area contributed by atoms with Crippen LogP contribution in [0.2, 0.25) is 0 Å². The van der Waals surface area contributed by atoms with Gasteiger partial charge in [0, 0.05) is 18.7 Å². The molecule has 0 spiro atoms. The minimum atomic E-state index is 0.708. The molecule has 2 aromatic rings. The lowest BCUT2D eigenvalue weighted by Crippen LogP contribution is -2.30. The van der Waals surface area contributed by atoms with E-state index in [0.29, 0.717) is 5.56 Å². The number of aryl methyl sites for hydroxylation is 1. The molecule has 3 rings (SSSR count). The minimum Gasteiger partial charge on any atom is -0.299 e. The number of benzene rings is 1. The summed E-state index contributed by atoms with van der Waals surface area (Å²) < 4.78 is 2.09. The molecule has 0 radical (unpaired) electrons. The van der Waals surface area contributed by atoms with Crippen LogP contribution in [0.25, 0.3) is 11.1 Å². The normalized spacial score (nSPS) is 15.0. The first-order valence-corrected chi connectivity index (χ1v) is 6.43. The van der Waals surface area contributed by atoms with Crippen molar-refractivity contribution in [1.29, 1.82) is 5.26 Å². The van der Waals surface area contributed by atoms with Crippen LogP contribution in [0.3, 0.4) is 0 Å². The fourth-order valence-corrected chi connectivity index (χ4v) is 2.63. The Labute approximate surface area is 112 Å². The van der Waals surface area contributed by atoms with Gasteiger partial charge in [0.15, 0.2) is 0 Å². The van der Waals surface area contributed by atoms with Crippen LogP contribution in [0.1, 0.15) is 16.8 Å². The summed E-state index contributed by atoms with van der Waals surface area (Å²) >= 11 is 0. The molecule has 4 heteroatoms. The van der Waals surface area contributed by atoms with Crippen molar-refractivity contribution in [2.75, 3.05) is 13.6 Å². The van der Waals surface area contributed by atoms with E-state index in [0.717, 1.165) is 25.2 Å². The van der Waals surface area contributed by atoms with Crippen LogP contribution in [-0.4, -0.2) is 28.3 Å². The van der Waals surface area contributed by atoms with E-state index in [2.05, 4.69) is 27.8 Å². The van der Waals surface area contributed by atoms with Gasteiger partial charge in [0.05, 0.1) is 30.1 Å². The number of hydrogen-bond donors (Lipinski definition) is 0. The summed E-state index contributed by atoms with van der Waals surface area (Å²) in [6.45, 7) is 4.96. The Bertz CT molecular complexity index is 663. The highest BCUT2D eigenvalue weighted by atomic mass is 15.3. The highest BCUT2D eigenvalue weighted by molar-refractivity contribution is 5.70. The lowest BCUT2D eigenvalue weighted by atomic mass is 9.98. The molecule has 0 N–H and O–H groups in total. The second kappa shape index (κ2) is 4.52. The Hall–Kier alpha value is -2.12. The van der Waals surface area contributed by atoms with E-state index in [1.807, 2.05) is 31.3 Å². The second-order valence-electron chi connectivity index (χ2n) is 5.11. The van der Waals surface area contributed by atoms with Crippen LogP contribution < -0.4 is 0 Å². The Morgan fingerprint density at radius 2 is 2.11 bits per heavy atom. The molecule has 0 amide bonds. The van der Waals surface area contributed by atoms with Gasteiger partial charge < -0.3 is 0 Å². The third-order valence-electron chi connectivity index (χ3n) is 3.71. The summed E-state index contributed by atoms with van der Waals surface area (Å²) in [4.78, 5) is 2.31. The fraction of sp³-hybridized carbons (Fsp3) is 0.333. The van der Waals surface area contributed by atoms with E-state index < -0.39 is 0 Å². The van der Waals surface area contributed by atoms with E-state index in [-0.39, 0.29) is 0 Å². The maximum absolute atomic E-state index is 8.94. The number of rotatable bonds is 1. The van der Waals surface area contributed by atoms with Crippen molar-refractivity contribution in [2.24, 2.45) is 0 Å². The largest absolute Gasteiger partial charge is 0.299 e. The molecule has 19 heavy (non-hydrogen) atoms. The van der Waals surface area contributed by atoms with Crippen LogP contribution in [0.15, 0.2) is 24.4 Å². The van der Waals surface area contributed by atoms with Gasteiger partial charge >= 0.3 is 0 Å². The third kappa shape index (κ3) is 2.02. The summed E-state index contributed by atoms with van der Waals surface area (Å²) in [7, 11) is 2.13. The molecule has 0 fully saturated rings. The molecule has 0 bridgehead atoms. The molecule has 96 valence electrons. The first kappa shape index (κ1) is 11.9. The van der Waals surface area contributed by atoms with Crippen molar-refractivity contribution >= 4 is 0 Å². The van der Waals surface area contributed by atoms with Crippen molar-refractivity contribution in [1.82, 2.24) is 14.7 Å². The van der Waals surface area contributed by atoms with Gasteiger partial charge in [0.25, 0.3) is 0 Å². The molecule has 2 heterocycles. The summed E-state index contributed by atoms with van der Waals surface area (Å²) in [6, 6.07) is 8.02. The van der Waals surface area contributed by atoms with Crippen LogP contribution in [0.5, 0.6) is 0 Å². The Balaban J connectivity index is 2.09. The van der Waals surface area contributed by atoms with Crippen molar-refractivity contribution in [2.45, 2.75) is 20.0 Å². The van der Waals surface area contributed by atoms with Gasteiger partial charge in [-0.05, 0) is 37.2 Å². The molecule has 0 saturated carbocycles. The predicted octanol–water partition coefficient (Wildman–Crippen LogP) is 2.18. The summed E-state index contributed by atoms with van der Waals surface area (Å²) in [6.07, 6.45) is 1.95. The number of aromatic nitrogens is 2. The first-order valence-electron chi connectivity index (χ1n) is 6.43. The minimum absolute atomic E-state index is 0.708. The van der Waals surface area contributed by atoms with Gasteiger partial charge in [0.1, 0.15) is 0 Å². The standard InChI is InChI=1S/C15H16N4/c1-11-7-12(8-16)3-4-13(11)14-9-17-19-6-5-18(2)10-15(14)19/h3-4,7,9H,5-6,10H2,1-2H3.